The highest BCUT2D eigenvalue weighted by Gasteiger charge is 2.16. The largest absolute Gasteiger partial charge is 0.467 e. The van der Waals surface area contributed by atoms with Crippen molar-refractivity contribution in [2.45, 2.75) is 32.4 Å². The van der Waals surface area contributed by atoms with Crippen molar-refractivity contribution in [1.82, 2.24) is 4.98 Å². The number of aromatic nitrogens is 1. The number of hydrogen-bond donors (Lipinski definition) is 2. The Labute approximate surface area is 149 Å². The van der Waals surface area contributed by atoms with Gasteiger partial charge in [-0.2, -0.15) is 5.26 Å². The van der Waals surface area contributed by atoms with E-state index in [1.807, 2.05) is 25.1 Å². The van der Waals surface area contributed by atoms with Crippen molar-refractivity contribution in [3.05, 3.63) is 45.8 Å². The summed E-state index contributed by atoms with van der Waals surface area (Å²) in [6.45, 7) is 2.59. The van der Waals surface area contributed by atoms with Gasteiger partial charge in [-0.15, -0.1) is 11.3 Å². The SMILES string of the molecule is Cc1c(CC(N)CC#N)sc2c(NCc3ccco3)cc(Cl)nc12. The van der Waals surface area contributed by atoms with Gasteiger partial charge in [0.1, 0.15) is 10.9 Å². The molecule has 7 heteroatoms. The van der Waals surface area contributed by atoms with Gasteiger partial charge in [-0.3, -0.25) is 0 Å². The van der Waals surface area contributed by atoms with Crippen molar-refractivity contribution in [3.63, 3.8) is 0 Å². The van der Waals surface area contributed by atoms with Crippen LogP contribution in [0.2, 0.25) is 5.15 Å². The summed E-state index contributed by atoms with van der Waals surface area (Å²) >= 11 is 7.83. The van der Waals surface area contributed by atoms with E-state index in [0.717, 1.165) is 32.1 Å². The Morgan fingerprint density at radius 2 is 2.38 bits per heavy atom. The summed E-state index contributed by atoms with van der Waals surface area (Å²) in [5, 5.41) is 12.6. The minimum Gasteiger partial charge on any atom is -0.467 e. The van der Waals surface area contributed by atoms with Crippen molar-refractivity contribution in [3.8, 4) is 6.07 Å². The van der Waals surface area contributed by atoms with E-state index in [-0.39, 0.29) is 6.04 Å². The van der Waals surface area contributed by atoms with Crippen LogP contribution in [0.25, 0.3) is 10.2 Å². The molecule has 0 spiro atoms. The third kappa shape index (κ3) is 3.54. The molecule has 0 aliphatic rings. The van der Waals surface area contributed by atoms with Crippen molar-refractivity contribution in [1.29, 1.82) is 5.26 Å². The van der Waals surface area contributed by atoms with Gasteiger partial charge in [0.15, 0.2) is 0 Å². The first kappa shape index (κ1) is 16.8. The average Bonchev–Trinajstić information content (AvgIpc) is 3.15. The van der Waals surface area contributed by atoms with E-state index >= 15 is 0 Å². The van der Waals surface area contributed by atoms with E-state index in [2.05, 4.69) is 16.4 Å². The topological polar surface area (TPSA) is 87.9 Å². The van der Waals surface area contributed by atoms with Gasteiger partial charge >= 0.3 is 0 Å². The van der Waals surface area contributed by atoms with E-state index in [9.17, 15) is 0 Å². The van der Waals surface area contributed by atoms with Crippen molar-refractivity contribution < 1.29 is 4.42 Å². The zero-order valence-corrected chi connectivity index (χ0v) is 14.7. The van der Waals surface area contributed by atoms with Crippen LogP contribution >= 0.6 is 22.9 Å². The monoisotopic (exact) mass is 360 g/mol. The second kappa shape index (κ2) is 7.22. The Bertz CT molecular complexity index is 882. The zero-order chi connectivity index (χ0) is 17.1. The van der Waals surface area contributed by atoms with Crippen molar-refractivity contribution in [2.75, 3.05) is 5.32 Å². The lowest BCUT2D eigenvalue weighted by Crippen LogP contribution is -2.21. The maximum atomic E-state index is 8.79. The Morgan fingerprint density at radius 1 is 1.54 bits per heavy atom. The first-order chi connectivity index (χ1) is 11.6. The summed E-state index contributed by atoms with van der Waals surface area (Å²) < 4.78 is 6.40. The van der Waals surface area contributed by atoms with Crippen molar-refractivity contribution >= 4 is 38.8 Å². The van der Waals surface area contributed by atoms with Gasteiger partial charge in [-0.1, -0.05) is 11.6 Å². The smallest absolute Gasteiger partial charge is 0.131 e. The molecule has 0 saturated carbocycles. The highest BCUT2D eigenvalue weighted by Crippen LogP contribution is 2.37. The molecule has 124 valence electrons. The first-order valence-electron chi connectivity index (χ1n) is 7.55. The molecule has 24 heavy (non-hydrogen) atoms. The van der Waals surface area contributed by atoms with E-state index in [4.69, 9.17) is 27.0 Å². The number of halogens is 1. The number of pyridine rings is 1. The molecule has 3 aromatic heterocycles. The van der Waals surface area contributed by atoms with Crippen LogP contribution in [0.1, 0.15) is 22.6 Å². The fourth-order valence-electron chi connectivity index (χ4n) is 2.54. The lowest BCUT2D eigenvalue weighted by molar-refractivity contribution is 0.518. The highest BCUT2D eigenvalue weighted by atomic mass is 35.5. The molecule has 0 aromatic carbocycles. The molecule has 0 aliphatic heterocycles. The van der Waals surface area contributed by atoms with Crippen LogP contribution in [0.4, 0.5) is 5.69 Å². The molecule has 3 aromatic rings. The quantitative estimate of drug-likeness (QED) is 0.641. The summed E-state index contributed by atoms with van der Waals surface area (Å²) in [6, 6.07) is 7.54. The highest BCUT2D eigenvalue weighted by molar-refractivity contribution is 7.19. The van der Waals surface area contributed by atoms with Gasteiger partial charge in [0.05, 0.1) is 41.2 Å². The predicted octanol–water partition coefficient (Wildman–Crippen LogP) is 4.25. The van der Waals surface area contributed by atoms with Crippen LogP contribution in [0.5, 0.6) is 0 Å². The summed E-state index contributed by atoms with van der Waals surface area (Å²) in [6.07, 6.45) is 2.65. The van der Waals surface area contributed by atoms with E-state index in [1.165, 1.54) is 0 Å². The first-order valence-corrected chi connectivity index (χ1v) is 8.75. The van der Waals surface area contributed by atoms with E-state index in [0.29, 0.717) is 24.5 Å². The summed E-state index contributed by atoms with van der Waals surface area (Å²) in [4.78, 5) is 5.60. The third-order valence-corrected chi connectivity index (χ3v) is 5.30. The summed E-state index contributed by atoms with van der Waals surface area (Å²) in [7, 11) is 0. The molecule has 0 amide bonds. The summed E-state index contributed by atoms with van der Waals surface area (Å²) in [5.74, 6) is 0.848. The number of nitrogens with two attached hydrogens (primary N) is 1. The van der Waals surface area contributed by atoms with Crippen molar-refractivity contribution in [2.24, 2.45) is 5.73 Å². The number of nitrogens with one attached hydrogen (secondary N) is 1. The molecule has 1 unspecified atom stereocenters. The molecule has 3 N–H and O–H groups in total. The van der Waals surface area contributed by atoms with Gasteiger partial charge in [0.25, 0.3) is 0 Å². The normalized spacial score (nSPS) is 12.2. The number of fused-ring (bicyclic) bond motifs is 1. The van der Waals surface area contributed by atoms with Gasteiger partial charge in [-0.25, -0.2) is 4.98 Å². The Kier molecular flexibility index (Phi) is 5.05. The molecule has 3 rings (SSSR count). The Hall–Kier alpha value is -2.07. The second-order valence-electron chi connectivity index (χ2n) is 5.58. The maximum absolute atomic E-state index is 8.79. The standard InChI is InChI=1S/C17H17ClN4OS/c1-10-14(7-11(20)4-5-19)24-17-13(8-15(18)22-16(10)17)21-9-12-3-2-6-23-12/h2-3,6,8,11H,4,7,9,20H2,1H3,(H,21,22). The van der Waals surface area contributed by atoms with Crippen LogP contribution in [0.3, 0.4) is 0 Å². The van der Waals surface area contributed by atoms with Gasteiger partial charge in [-0.05, 0) is 31.0 Å². The third-order valence-electron chi connectivity index (χ3n) is 3.77. The van der Waals surface area contributed by atoms with Crippen LogP contribution in [-0.4, -0.2) is 11.0 Å². The number of hydrogen-bond acceptors (Lipinski definition) is 6. The van der Waals surface area contributed by atoms with Crippen LogP contribution in [-0.2, 0) is 13.0 Å². The molecular formula is C17H17ClN4OS. The predicted molar refractivity (Wildman–Crippen MR) is 97.3 cm³/mol. The van der Waals surface area contributed by atoms with Crippen LogP contribution in [0.15, 0.2) is 28.9 Å². The zero-order valence-electron chi connectivity index (χ0n) is 13.2. The molecule has 5 nitrogen and oxygen atoms in total. The minimum absolute atomic E-state index is 0.170. The van der Waals surface area contributed by atoms with Crippen LogP contribution < -0.4 is 11.1 Å². The molecule has 1 atom stereocenters. The number of thiophene rings is 1. The van der Waals surface area contributed by atoms with E-state index in [1.54, 1.807) is 17.6 Å². The lowest BCUT2D eigenvalue weighted by atomic mass is 10.1. The van der Waals surface area contributed by atoms with Gasteiger partial charge in [0, 0.05) is 17.0 Å². The average molecular weight is 361 g/mol. The number of aryl methyl sites for hydroxylation is 1. The molecule has 0 saturated heterocycles. The molecule has 0 bridgehead atoms. The summed E-state index contributed by atoms with van der Waals surface area (Å²) in [5.41, 5.74) is 8.89. The number of furan rings is 1. The lowest BCUT2D eigenvalue weighted by Gasteiger charge is -2.06. The minimum atomic E-state index is -0.170. The Morgan fingerprint density at radius 3 is 3.08 bits per heavy atom. The maximum Gasteiger partial charge on any atom is 0.131 e. The number of nitriles is 1. The van der Waals surface area contributed by atoms with Gasteiger partial charge < -0.3 is 15.5 Å². The number of nitrogens with zero attached hydrogens (tertiary/aromatic N) is 2. The fourth-order valence-corrected chi connectivity index (χ4v) is 4.06. The van der Waals surface area contributed by atoms with Gasteiger partial charge in [0.2, 0.25) is 0 Å². The molecule has 0 aliphatic carbocycles. The molecule has 0 fully saturated rings. The van der Waals surface area contributed by atoms with Crippen LogP contribution in [0, 0.1) is 18.3 Å². The van der Waals surface area contributed by atoms with E-state index < -0.39 is 0 Å². The molecule has 3 heterocycles. The second-order valence-corrected chi connectivity index (χ2v) is 7.07. The number of rotatable bonds is 6. The number of anilines is 1. The molecular weight excluding hydrogens is 344 g/mol. The Balaban J connectivity index is 1.92. The molecule has 0 radical (unpaired) electrons. The fraction of sp³-hybridized carbons (Fsp3) is 0.294.